The number of rotatable bonds is 10. The first kappa shape index (κ1) is 23.5. The molecular formula is C24H32N4O4S. The number of likely N-dealkylation sites (tertiary alicyclic amines) is 1. The van der Waals surface area contributed by atoms with Crippen molar-refractivity contribution < 1.29 is 19.1 Å². The number of carbonyl (C=O) groups excluding carboxylic acids is 2. The maximum Gasteiger partial charge on any atom is 0.346 e. The standard InChI is InChI=1S/C24H32N4O4S/c1-31-23(29)20-21(32-16-17-9-10-18-7-6-8-19(18)15-17)27-33-22(20)26-24(30)25-11-2-3-12-28-13-4-5-14-28/h9-10,15H,2-8,11-14,16H2,1H3,(H2,25,26,30). The van der Waals surface area contributed by atoms with Crippen LogP contribution in [0.4, 0.5) is 9.80 Å². The number of amides is 2. The quantitative estimate of drug-likeness (QED) is 0.401. The monoisotopic (exact) mass is 472 g/mol. The number of esters is 1. The molecule has 1 aliphatic heterocycles. The molecule has 33 heavy (non-hydrogen) atoms. The predicted molar refractivity (Wildman–Crippen MR) is 128 cm³/mol. The van der Waals surface area contributed by atoms with Gasteiger partial charge in [0.05, 0.1) is 7.11 Å². The highest BCUT2D eigenvalue weighted by atomic mass is 32.1. The number of ether oxygens (including phenoxy) is 2. The number of unbranched alkanes of at least 4 members (excludes halogenated alkanes) is 1. The van der Waals surface area contributed by atoms with Gasteiger partial charge in [-0.25, -0.2) is 9.59 Å². The largest absolute Gasteiger partial charge is 0.472 e. The Labute approximate surface area is 198 Å². The molecule has 0 spiro atoms. The third-order valence-electron chi connectivity index (χ3n) is 6.20. The lowest BCUT2D eigenvalue weighted by Crippen LogP contribution is -2.30. The summed E-state index contributed by atoms with van der Waals surface area (Å²) in [6.45, 7) is 4.33. The average molecular weight is 473 g/mol. The van der Waals surface area contributed by atoms with Crippen LogP contribution in [0.3, 0.4) is 0 Å². The van der Waals surface area contributed by atoms with Crippen LogP contribution in [0.2, 0.25) is 0 Å². The SMILES string of the molecule is COC(=O)c1c(OCc2ccc3c(c2)CCC3)nsc1NC(=O)NCCCCN1CCCC1. The molecule has 4 rings (SSSR count). The zero-order valence-corrected chi connectivity index (χ0v) is 20.0. The molecular weight excluding hydrogens is 440 g/mol. The lowest BCUT2D eigenvalue weighted by Gasteiger charge is -2.14. The van der Waals surface area contributed by atoms with E-state index >= 15 is 0 Å². The van der Waals surface area contributed by atoms with Gasteiger partial charge >= 0.3 is 12.0 Å². The number of anilines is 1. The number of nitrogens with one attached hydrogen (secondary N) is 2. The molecule has 0 unspecified atom stereocenters. The van der Waals surface area contributed by atoms with Crippen molar-refractivity contribution in [2.75, 3.05) is 38.6 Å². The molecule has 2 N–H and O–H groups in total. The average Bonchev–Trinajstić information content (AvgIpc) is 3.58. The molecule has 0 atom stereocenters. The van der Waals surface area contributed by atoms with E-state index in [-0.39, 0.29) is 17.5 Å². The van der Waals surface area contributed by atoms with Gasteiger partial charge < -0.3 is 19.7 Å². The van der Waals surface area contributed by atoms with E-state index in [0.717, 1.165) is 49.3 Å². The second-order valence-electron chi connectivity index (χ2n) is 8.57. The molecule has 9 heteroatoms. The van der Waals surface area contributed by atoms with Gasteiger partial charge in [0.25, 0.3) is 0 Å². The molecule has 178 valence electrons. The number of benzene rings is 1. The molecule has 0 bridgehead atoms. The first-order valence-electron chi connectivity index (χ1n) is 11.7. The van der Waals surface area contributed by atoms with Gasteiger partial charge in [0.2, 0.25) is 5.88 Å². The number of aryl methyl sites for hydroxylation is 2. The molecule has 2 amide bonds. The van der Waals surface area contributed by atoms with Crippen molar-refractivity contribution in [3.05, 3.63) is 40.5 Å². The highest BCUT2D eigenvalue weighted by Crippen LogP contribution is 2.32. The van der Waals surface area contributed by atoms with E-state index in [1.807, 2.05) is 6.07 Å². The molecule has 1 aliphatic carbocycles. The van der Waals surface area contributed by atoms with Crippen LogP contribution in [0.25, 0.3) is 0 Å². The third-order valence-corrected chi connectivity index (χ3v) is 6.95. The fourth-order valence-corrected chi connectivity index (χ4v) is 5.14. The Bertz CT molecular complexity index is 971. The number of nitrogens with zero attached hydrogens (tertiary/aromatic N) is 2. The van der Waals surface area contributed by atoms with Crippen molar-refractivity contribution in [1.82, 2.24) is 14.6 Å². The Kier molecular flexibility index (Phi) is 8.17. The third kappa shape index (κ3) is 6.23. The van der Waals surface area contributed by atoms with Gasteiger partial charge in [0.15, 0.2) is 5.56 Å². The Morgan fingerprint density at radius 3 is 2.76 bits per heavy atom. The van der Waals surface area contributed by atoms with E-state index < -0.39 is 5.97 Å². The minimum absolute atomic E-state index is 0.146. The maximum absolute atomic E-state index is 12.4. The van der Waals surface area contributed by atoms with Gasteiger partial charge in [-0.3, -0.25) is 5.32 Å². The van der Waals surface area contributed by atoms with Crippen LogP contribution < -0.4 is 15.4 Å². The van der Waals surface area contributed by atoms with Crippen molar-refractivity contribution in [2.45, 2.75) is 51.6 Å². The number of aromatic nitrogens is 1. The number of hydrogen-bond donors (Lipinski definition) is 2. The van der Waals surface area contributed by atoms with E-state index in [2.05, 4.69) is 32.0 Å². The summed E-state index contributed by atoms with van der Waals surface area (Å²) in [4.78, 5) is 27.2. The van der Waals surface area contributed by atoms with Crippen molar-refractivity contribution in [3.8, 4) is 5.88 Å². The lowest BCUT2D eigenvalue weighted by molar-refractivity contribution is 0.0596. The van der Waals surface area contributed by atoms with Crippen molar-refractivity contribution in [2.24, 2.45) is 0 Å². The lowest BCUT2D eigenvalue weighted by atomic mass is 10.1. The molecule has 0 radical (unpaired) electrons. The van der Waals surface area contributed by atoms with Gasteiger partial charge in [-0.2, -0.15) is 4.37 Å². The van der Waals surface area contributed by atoms with Crippen LogP contribution in [0.15, 0.2) is 18.2 Å². The van der Waals surface area contributed by atoms with Gasteiger partial charge in [0.1, 0.15) is 11.6 Å². The normalized spacial score (nSPS) is 15.3. The predicted octanol–water partition coefficient (Wildman–Crippen LogP) is 3.99. The van der Waals surface area contributed by atoms with Crippen LogP contribution in [0.5, 0.6) is 5.88 Å². The van der Waals surface area contributed by atoms with Gasteiger partial charge in [-0.05, 0) is 92.8 Å². The Morgan fingerprint density at radius 2 is 1.94 bits per heavy atom. The zero-order valence-electron chi connectivity index (χ0n) is 19.2. The van der Waals surface area contributed by atoms with Gasteiger partial charge in [-0.1, -0.05) is 18.2 Å². The highest BCUT2D eigenvalue weighted by Gasteiger charge is 2.25. The Balaban J connectivity index is 1.29. The Morgan fingerprint density at radius 1 is 1.12 bits per heavy atom. The minimum Gasteiger partial charge on any atom is -0.472 e. The summed E-state index contributed by atoms with van der Waals surface area (Å²) < 4.78 is 15.0. The number of hydrogen-bond acceptors (Lipinski definition) is 7. The molecule has 1 saturated heterocycles. The van der Waals surface area contributed by atoms with E-state index in [1.54, 1.807) is 0 Å². The fourth-order valence-electron chi connectivity index (χ4n) is 4.42. The molecule has 2 heterocycles. The van der Waals surface area contributed by atoms with Crippen LogP contribution >= 0.6 is 11.5 Å². The summed E-state index contributed by atoms with van der Waals surface area (Å²) in [5, 5.41) is 5.89. The number of carbonyl (C=O) groups is 2. The van der Waals surface area contributed by atoms with E-state index in [1.165, 1.54) is 50.6 Å². The van der Waals surface area contributed by atoms with Crippen molar-refractivity contribution >= 4 is 28.5 Å². The van der Waals surface area contributed by atoms with E-state index in [4.69, 9.17) is 9.47 Å². The summed E-state index contributed by atoms with van der Waals surface area (Å²) in [6.07, 6.45) is 7.95. The topological polar surface area (TPSA) is 92.8 Å². The maximum atomic E-state index is 12.4. The van der Waals surface area contributed by atoms with Crippen molar-refractivity contribution in [1.29, 1.82) is 0 Å². The summed E-state index contributed by atoms with van der Waals surface area (Å²) in [5.41, 5.74) is 3.94. The minimum atomic E-state index is -0.589. The first-order valence-corrected chi connectivity index (χ1v) is 12.5. The summed E-state index contributed by atoms with van der Waals surface area (Å²) >= 11 is 1.01. The molecule has 8 nitrogen and oxygen atoms in total. The smallest absolute Gasteiger partial charge is 0.346 e. The summed E-state index contributed by atoms with van der Waals surface area (Å²) in [7, 11) is 1.30. The van der Waals surface area contributed by atoms with Crippen LogP contribution in [0, 0.1) is 0 Å². The number of urea groups is 1. The van der Waals surface area contributed by atoms with E-state index in [9.17, 15) is 9.59 Å². The van der Waals surface area contributed by atoms with Crippen LogP contribution in [-0.2, 0) is 24.2 Å². The molecule has 1 aromatic heterocycles. The molecule has 1 fully saturated rings. The molecule has 0 saturated carbocycles. The summed E-state index contributed by atoms with van der Waals surface area (Å²) in [5.74, 6) is -0.415. The first-order chi connectivity index (χ1) is 16.1. The second-order valence-corrected chi connectivity index (χ2v) is 9.34. The number of methoxy groups -OCH3 is 1. The molecule has 2 aromatic rings. The summed E-state index contributed by atoms with van der Waals surface area (Å²) in [6, 6.07) is 5.98. The Hall–Kier alpha value is -2.65. The van der Waals surface area contributed by atoms with Gasteiger partial charge in [-0.15, -0.1) is 0 Å². The van der Waals surface area contributed by atoms with Gasteiger partial charge in [0, 0.05) is 6.54 Å². The molecule has 2 aliphatic rings. The zero-order chi connectivity index (χ0) is 23.0. The number of fused-ring (bicyclic) bond motifs is 1. The van der Waals surface area contributed by atoms with Crippen molar-refractivity contribution in [3.63, 3.8) is 0 Å². The fraction of sp³-hybridized carbons (Fsp3) is 0.542. The molecule has 1 aromatic carbocycles. The van der Waals surface area contributed by atoms with Crippen LogP contribution in [0.1, 0.15) is 59.2 Å². The highest BCUT2D eigenvalue weighted by molar-refractivity contribution is 7.11. The van der Waals surface area contributed by atoms with Crippen LogP contribution in [-0.4, -0.2) is 54.6 Å². The second kappa shape index (κ2) is 11.5. The van der Waals surface area contributed by atoms with E-state index in [0.29, 0.717) is 18.2 Å².